The molecule has 3 rings (SSSR count). The minimum Gasteiger partial charge on any atom is -0.503 e. The fourth-order valence-corrected chi connectivity index (χ4v) is 4.29. The molecule has 1 aromatic carbocycles. The molecule has 36 heavy (non-hydrogen) atoms. The van der Waals surface area contributed by atoms with Crippen molar-refractivity contribution in [1.82, 2.24) is 14.9 Å². The lowest BCUT2D eigenvalue weighted by molar-refractivity contribution is -0.146. The number of rotatable bonds is 8. The summed E-state index contributed by atoms with van der Waals surface area (Å²) >= 11 is 12.5. The number of benzene rings is 1. The number of hydrogen-bond donors (Lipinski definition) is 3. The number of carboxylic acid groups (broad SMARTS) is 1. The summed E-state index contributed by atoms with van der Waals surface area (Å²) in [6.45, 7) is 4.80. The molecule has 0 bridgehead atoms. The van der Waals surface area contributed by atoms with Gasteiger partial charge in [-0.25, -0.2) is 9.78 Å². The van der Waals surface area contributed by atoms with Gasteiger partial charge in [0.15, 0.2) is 17.2 Å². The Morgan fingerprint density at radius 2 is 1.92 bits per heavy atom. The van der Waals surface area contributed by atoms with E-state index >= 15 is 0 Å². The summed E-state index contributed by atoms with van der Waals surface area (Å²) in [6, 6.07) is 8.08. The lowest BCUT2D eigenvalue weighted by Gasteiger charge is -2.36. The smallest absolute Gasteiger partial charge is 0.329 e. The Morgan fingerprint density at radius 3 is 2.53 bits per heavy atom. The summed E-state index contributed by atoms with van der Waals surface area (Å²) in [5.41, 5.74) is -0.723. The van der Waals surface area contributed by atoms with Crippen molar-refractivity contribution < 1.29 is 24.5 Å². The van der Waals surface area contributed by atoms with Crippen LogP contribution in [-0.2, 0) is 4.79 Å². The largest absolute Gasteiger partial charge is 0.503 e. The molecular weight excluding hydrogens is 507 g/mol. The summed E-state index contributed by atoms with van der Waals surface area (Å²) in [7, 11) is 1.32. The standard InChI is InChI=1S/C25H24Cl2N4O5/c1-13(25(3,24(34)35)30-23(33)21-22(32)19(36-4)8-9-29-21)14(2)31-11-15(10-28)17(12-31)16-6-5-7-18(26)20(16)27/h5-9,11-14,32H,1-4H3,(H,30,33)(H,34,35). The number of carbonyl (C=O) groups is 2. The molecule has 0 aliphatic carbocycles. The van der Waals surface area contributed by atoms with Crippen LogP contribution in [0.2, 0.25) is 10.0 Å². The molecule has 2 aromatic heterocycles. The van der Waals surface area contributed by atoms with Gasteiger partial charge in [-0.1, -0.05) is 42.3 Å². The highest BCUT2D eigenvalue weighted by molar-refractivity contribution is 6.43. The van der Waals surface area contributed by atoms with Gasteiger partial charge in [-0.15, -0.1) is 0 Å². The van der Waals surface area contributed by atoms with E-state index in [0.717, 1.165) is 0 Å². The van der Waals surface area contributed by atoms with Crippen LogP contribution in [0.4, 0.5) is 0 Å². The van der Waals surface area contributed by atoms with E-state index in [2.05, 4.69) is 16.4 Å². The second kappa shape index (κ2) is 10.5. The quantitative estimate of drug-likeness (QED) is 0.376. The molecule has 11 heteroatoms. The number of ether oxygens (including phenoxy) is 1. The molecule has 0 saturated carbocycles. The summed E-state index contributed by atoms with van der Waals surface area (Å²) in [5, 5.41) is 33.2. The Morgan fingerprint density at radius 1 is 1.22 bits per heavy atom. The van der Waals surface area contributed by atoms with Gasteiger partial charge in [0.25, 0.3) is 5.91 Å². The van der Waals surface area contributed by atoms with Crippen molar-refractivity contribution >= 4 is 35.1 Å². The van der Waals surface area contributed by atoms with Gasteiger partial charge in [0, 0.05) is 47.7 Å². The number of methoxy groups -OCH3 is 1. The van der Waals surface area contributed by atoms with E-state index < -0.39 is 35.1 Å². The second-order valence-corrected chi connectivity index (χ2v) is 9.23. The Labute approximate surface area is 217 Å². The first-order chi connectivity index (χ1) is 17.0. The molecule has 188 valence electrons. The van der Waals surface area contributed by atoms with Gasteiger partial charge < -0.3 is 24.8 Å². The highest BCUT2D eigenvalue weighted by atomic mass is 35.5. The Hall–Kier alpha value is -3.74. The van der Waals surface area contributed by atoms with E-state index in [1.807, 2.05) is 0 Å². The number of amides is 1. The maximum Gasteiger partial charge on any atom is 0.329 e. The molecular formula is C25H24Cl2N4O5. The number of carbonyl (C=O) groups excluding carboxylic acids is 1. The van der Waals surface area contributed by atoms with Crippen molar-refractivity contribution in [1.29, 1.82) is 5.26 Å². The zero-order chi connectivity index (χ0) is 26.8. The molecule has 3 atom stereocenters. The van der Waals surface area contributed by atoms with Crippen molar-refractivity contribution in [3.8, 4) is 28.7 Å². The van der Waals surface area contributed by atoms with Crippen LogP contribution in [0.5, 0.6) is 11.5 Å². The average molecular weight is 531 g/mol. The van der Waals surface area contributed by atoms with Crippen LogP contribution in [0.3, 0.4) is 0 Å². The second-order valence-electron chi connectivity index (χ2n) is 8.45. The molecule has 0 fully saturated rings. The first-order valence-electron chi connectivity index (χ1n) is 10.8. The molecule has 0 saturated heterocycles. The zero-order valence-electron chi connectivity index (χ0n) is 19.9. The van der Waals surface area contributed by atoms with Crippen LogP contribution in [0.15, 0.2) is 42.9 Å². The number of aromatic nitrogens is 2. The molecule has 1 amide bonds. The van der Waals surface area contributed by atoms with Gasteiger partial charge in [0.1, 0.15) is 11.6 Å². The Balaban J connectivity index is 1.97. The fraction of sp³-hybridized carbons (Fsp3) is 0.280. The van der Waals surface area contributed by atoms with E-state index in [4.69, 9.17) is 27.9 Å². The summed E-state index contributed by atoms with van der Waals surface area (Å²) in [4.78, 5) is 29.2. The Bertz CT molecular complexity index is 1370. The van der Waals surface area contributed by atoms with E-state index in [9.17, 15) is 25.1 Å². The van der Waals surface area contributed by atoms with Gasteiger partial charge in [0.05, 0.1) is 22.7 Å². The van der Waals surface area contributed by atoms with Crippen LogP contribution in [0.25, 0.3) is 11.1 Å². The number of aliphatic carboxylic acids is 1. The van der Waals surface area contributed by atoms with E-state index in [1.165, 1.54) is 26.3 Å². The van der Waals surface area contributed by atoms with Crippen LogP contribution in [-0.4, -0.2) is 44.3 Å². The van der Waals surface area contributed by atoms with Crippen molar-refractivity contribution in [2.45, 2.75) is 32.4 Å². The number of nitrogens with zero attached hydrogens (tertiary/aromatic N) is 3. The molecule has 0 aliphatic heterocycles. The van der Waals surface area contributed by atoms with Gasteiger partial charge in [-0.05, 0) is 19.9 Å². The third-order valence-electron chi connectivity index (χ3n) is 6.45. The normalized spacial score (nSPS) is 14.2. The highest BCUT2D eigenvalue weighted by Gasteiger charge is 2.44. The number of nitrogens with one attached hydrogen (secondary N) is 1. The molecule has 3 unspecified atom stereocenters. The molecule has 2 heterocycles. The maximum atomic E-state index is 12.9. The fourth-order valence-electron chi connectivity index (χ4n) is 3.89. The van der Waals surface area contributed by atoms with Crippen molar-refractivity contribution in [2.24, 2.45) is 5.92 Å². The lowest BCUT2D eigenvalue weighted by atomic mass is 9.81. The van der Waals surface area contributed by atoms with Gasteiger partial charge >= 0.3 is 5.97 Å². The molecule has 3 N–H and O–H groups in total. The summed E-state index contributed by atoms with van der Waals surface area (Å²) < 4.78 is 6.70. The van der Waals surface area contributed by atoms with Gasteiger partial charge in [0.2, 0.25) is 0 Å². The number of nitriles is 1. The summed E-state index contributed by atoms with van der Waals surface area (Å²) in [6.07, 6.45) is 4.55. The highest BCUT2D eigenvalue weighted by Crippen LogP contribution is 2.38. The third kappa shape index (κ3) is 4.83. The molecule has 9 nitrogen and oxygen atoms in total. The SMILES string of the molecule is COc1ccnc(C(=O)NC(C)(C(=O)O)C(C)C(C)n2cc(C#N)c(-c3cccc(Cl)c3Cl)c2)c1O. The molecule has 0 spiro atoms. The Kier molecular flexibility index (Phi) is 7.82. The molecule has 0 aliphatic rings. The summed E-state index contributed by atoms with van der Waals surface area (Å²) in [5.74, 6) is -3.35. The minimum absolute atomic E-state index is 0.0252. The first kappa shape index (κ1) is 26.9. The lowest BCUT2D eigenvalue weighted by Crippen LogP contribution is -2.58. The third-order valence-corrected chi connectivity index (χ3v) is 7.27. The molecule has 0 radical (unpaired) electrons. The van der Waals surface area contributed by atoms with Gasteiger partial charge in [-0.3, -0.25) is 4.79 Å². The number of halogens is 2. The van der Waals surface area contributed by atoms with E-state index in [-0.39, 0.29) is 11.4 Å². The number of aromatic hydroxyl groups is 1. The number of pyridine rings is 1. The monoisotopic (exact) mass is 530 g/mol. The predicted molar refractivity (Wildman–Crippen MR) is 134 cm³/mol. The van der Waals surface area contributed by atoms with Crippen molar-refractivity contribution in [3.63, 3.8) is 0 Å². The number of hydrogen-bond acceptors (Lipinski definition) is 6. The topological polar surface area (TPSA) is 137 Å². The zero-order valence-corrected chi connectivity index (χ0v) is 21.4. The first-order valence-corrected chi connectivity index (χ1v) is 11.6. The maximum absolute atomic E-state index is 12.9. The van der Waals surface area contributed by atoms with Crippen molar-refractivity contribution in [2.75, 3.05) is 7.11 Å². The predicted octanol–water partition coefficient (Wildman–Crippen LogP) is 4.91. The van der Waals surface area contributed by atoms with Crippen LogP contribution in [0, 0.1) is 17.2 Å². The van der Waals surface area contributed by atoms with E-state index in [1.54, 1.807) is 49.0 Å². The van der Waals surface area contributed by atoms with Gasteiger partial charge in [-0.2, -0.15) is 5.26 Å². The minimum atomic E-state index is -1.78. The van der Waals surface area contributed by atoms with Crippen LogP contribution < -0.4 is 10.1 Å². The van der Waals surface area contributed by atoms with Crippen LogP contribution in [0.1, 0.15) is 42.9 Å². The van der Waals surface area contributed by atoms with Crippen molar-refractivity contribution in [3.05, 3.63) is 64.2 Å². The van der Waals surface area contributed by atoms with E-state index in [0.29, 0.717) is 26.7 Å². The van der Waals surface area contributed by atoms with Crippen LogP contribution >= 0.6 is 23.2 Å². The molecule has 3 aromatic rings. The average Bonchev–Trinajstić information content (AvgIpc) is 3.28. The number of carboxylic acids is 1.